The summed E-state index contributed by atoms with van der Waals surface area (Å²) in [5.74, 6) is -0.403. The number of para-hydroxylation sites is 1. The largest absolute Gasteiger partial charge is 0.494 e. The molecular formula is C20H24BNO4. The van der Waals surface area contributed by atoms with Gasteiger partial charge in [0.05, 0.1) is 23.9 Å². The van der Waals surface area contributed by atoms with Gasteiger partial charge in [-0.2, -0.15) is 0 Å². The SMILES string of the molecule is COC(=O)c1cc(Nc2ccccc2)cc(B2OC(C)(C)C(C)(C)O2)c1. The van der Waals surface area contributed by atoms with Crippen LogP contribution in [0.15, 0.2) is 48.5 Å². The lowest BCUT2D eigenvalue weighted by Gasteiger charge is -2.32. The number of benzene rings is 2. The van der Waals surface area contributed by atoms with E-state index in [2.05, 4.69) is 5.32 Å². The second kappa shape index (κ2) is 6.78. The average molecular weight is 353 g/mol. The molecule has 0 amide bonds. The van der Waals surface area contributed by atoms with Crippen LogP contribution in [0.5, 0.6) is 0 Å². The summed E-state index contributed by atoms with van der Waals surface area (Å²) in [6.45, 7) is 8.00. The van der Waals surface area contributed by atoms with Gasteiger partial charge in [0.15, 0.2) is 0 Å². The lowest BCUT2D eigenvalue weighted by molar-refractivity contribution is 0.00578. The molecule has 6 heteroatoms. The second-order valence-corrected chi connectivity index (χ2v) is 7.41. The predicted octanol–water partition coefficient (Wildman–Crippen LogP) is 3.52. The van der Waals surface area contributed by atoms with Crippen molar-refractivity contribution < 1.29 is 18.8 Å². The van der Waals surface area contributed by atoms with Crippen molar-refractivity contribution in [1.29, 1.82) is 0 Å². The number of esters is 1. The van der Waals surface area contributed by atoms with Crippen LogP contribution in [0.1, 0.15) is 38.1 Å². The molecule has 1 fully saturated rings. The highest BCUT2D eigenvalue weighted by molar-refractivity contribution is 6.62. The van der Waals surface area contributed by atoms with E-state index in [-0.39, 0.29) is 0 Å². The van der Waals surface area contributed by atoms with Crippen LogP contribution in [0, 0.1) is 0 Å². The smallest absolute Gasteiger partial charge is 0.465 e. The van der Waals surface area contributed by atoms with Gasteiger partial charge < -0.3 is 19.4 Å². The number of anilines is 2. The Balaban J connectivity index is 1.97. The Hall–Kier alpha value is -2.31. The van der Waals surface area contributed by atoms with Crippen molar-refractivity contribution in [3.8, 4) is 0 Å². The predicted molar refractivity (Wildman–Crippen MR) is 103 cm³/mol. The van der Waals surface area contributed by atoms with Crippen LogP contribution in [-0.2, 0) is 14.0 Å². The summed E-state index contributed by atoms with van der Waals surface area (Å²) in [5.41, 5.74) is 2.00. The quantitative estimate of drug-likeness (QED) is 0.673. The molecule has 0 aromatic heterocycles. The third-order valence-electron chi connectivity index (χ3n) is 4.96. The van der Waals surface area contributed by atoms with E-state index in [0.29, 0.717) is 5.56 Å². The van der Waals surface area contributed by atoms with Crippen molar-refractivity contribution >= 4 is 29.9 Å². The van der Waals surface area contributed by atoms with Crippen molar-refractivity contribution in [2.45, 2.75) is 38.9 Å². The molecule has 0 atom stereocenters. The minimum absolute atomic E-state index is 0.403. The molecule has 3 rings (SSSR count). The molecule has 0 spiro atoms. The van der Waals surface area contributed by atoms with E-state index >= 15 is 0 Å². The van der Waals surface area contributed by atoms with Gasteiger partial charge in [-0.3, -0.25) is 0 Å². The minimum Gasteiger partial charge on any atom is -0.465 e. The van der Waals surface area contributed by atoms with E-state index in [1.807, 2.05) is 64.1 Å². The van der Waals surface area contributed by atoms with Crippen LogP contribution in [0.2, 0.25) is 0 Å². The Morgan fingerprint density at radius 1 is 0.962 bits per heavy atom. The number of carbonyl (C=O) groups is 1. The summed E-state index contributed by atoms with van der Waals surface area (Å²) in [7, 11) is 0.814. The highest BCUT2D eigenvalue weighted by Crippen LogP contribution is 2.36. The molecule has 2 aromatic rings. The maximum atomic E-state index is 12.1. The third kappa shape index (κ3) is 3.62. The molecule has 1 N–H and O–H groups in total. The van der Waals surface area contributed by atoms with E-state index in [9.17, 15) is 4.79 Å². The zero-order valence-electron chi connectivity index (χ0n) is 15.8. The molecule has 136 valence electrons. The van der Waals surface area contributed by atoms with Gasteiger partial charge in [0.25, 0.3) is 0 Å². The third-order valence-corrected chi connectivity index (χ3v) is 4.96. The van der Waals surface area contributed by atoms with Crippen molar-refractivity contribution in [3.63, 3.8) is 0 Å². The molecule has 0 aliphatic carbocycles. The van der Waals surface area contributed by atoms with Crippen LogP contribution in [0.4, 0.5) is 11.4 Å². The molecule has 1 aliphatic rings. The van der Waals surface area contributed by atoms with Crippen LogP contribution in [0.25, 0.3) is 0 Å². The lowest BCUT2D eigenvalue weighted by Crippen LogP contribution is -2.41. The Morgan fingerprint density at radius 2 is 1.58 bits per heavy atom. The van der Waals surface area contributed by atoms with Gasteiger partial charge in [-0.1, -0.05) is 18.2 Å². The van der Waals surface area contributed by atoms with Gasteiger partial charge >= 0.3 is 13.1 Å². The average Bonchev–Trinajstić information content (AvgIpc) is 2.82. The van der Waals surface area contributed by atoms with Gasteiger partial charge in [-0.05, 0) is 63.5 Å². The molecule has 1 saturated heterocycles. The summed E-state index contributed by atoms with van der Waals surface area (Å²) in [6, 6.07) is 15.2. The van der Waals surface area contributed by atoms with E-state index in [4.69, 9.17) is 14.0 Å². The first kappa shape index (κ1) is 18.5. The number of rotatable bonds is 4. The van der Waals surface area contributed by atoms with E-state index < -0.39 is 24.3 Å². The second-order valence-electron chi connectivity index (χ2n) is 7.41. The Labute approximate surface area is 154 Å². The fourth-order valence-corrected chi connectivity index (χ4v) is 2.76. The zero-order chi connectivity index (χ0) is 18.9. The molecule has 2 aromatic carbocycles. The van der Waals surface area contributed by atoms with Crippen LogP contribution in [0.3, 0.4) is 0 Å². The summed E-state index contributed by atoms with van der Waals surface area (Å²) in [4.78, 5) is 12.1. The van der Waals surface area contributed by atoms with Crippen LogP contribution in [-0.4, -0.2) is 31.4 Å². The monoisotopic (exact) mass is 353 g/mol. The van der Waals surface area contributed by atoms with Crippen LogP contribution < -0.4 is 10.8 Å². The van der Waals surface area contributed by atoms with Gasteiger partial charge in [0.1, 0.15) is 0 Å². The van der Waals surface area contributed by atoms with Crippen molar-refractivity contribution in [3.05, 3.63) is 54.1 Å². The number of carbonyl (C=O) groups excluding carboxylic acids is 1. The molecule has 0 saturated carbocycles. The summed E-state index contributed by atoms with van der Waals surface area (Å²) in [6.07, 6.45) is 0. The summed E-state index contributed by atoms with van der Waals surface area (Å²) in [5, 5.41) is 3.31. The van der Waals surface area contributed by atoms with Crippen molar-refractivity contribution in [2.24, 2.45) is 0 Å². The molecule has 1 aliphatic heterocycles. The standard InChI is InChI=1S/C20H24BNO4/c1-19(2)20(3,4)26-21(25-19)15-11-14(18(23)24-5)12-17(13-15)22-16-9-7-6-8-10-16/h6-13,22H,1-5H3. The normalized spacial score (nSPS) is 17.8. The topological polar surface area (TPSA) is 56.8 Å². The number of hydrogen-bond donors (Lipinski definition) is 1. The minimum atomic E-state index is -0.555. The van der Waals surface area contributed by atoms with Gasteiger partial charge in [0, 0.05) is 11.4 Å². The van der Waals surface area contributed by atoms with Crippen molar-refractivity contribution in [1.82, 2.24) is 0 Å². The molecule has 0 unspecified atom stereocenters. The molecular weight excluding hydrogens is 329 g/mol. The van der Waals surface area contributed by atoms with E-state index in [1.54, 1.807) is 12.1 Å². The molecule has 26 heavy (non-hydrogen) atoms. The fraction of sp³-hybridized carbons (Fsp3) is 0.350. The highest BCUT2D eigenvalue weighted by Gasteiger charge is 2.51. The first-order chi connectivity index (χ1) is 12.2. The fourth-order valence-electron chi connectivity index (χ4n) is 2.76. The first-order valence-electron chi connectivity index (χ1n) is 8.63. The number of methoxy groups -OCH3 is 1. The highest BCUT2D eigenvalue weighted by atomic mass is 16.7. The maximum Gasteiger partial charge on any atom is 0.494 e. The van der Waals surface area contributed by atoms with Crippen molar-refractivity contribution in [2.75, 3.05) is 12.4 Å². The first-order valence-corrected chi connectivity index (χ1v) is 8.63. The lowest BCUT2D eigenvalue weighted by atomic mass is 9.78. The molecule has 1 heterocycles. The number of hydrogen-bond acceptors (Lipinski definition) is 5. The van der Waals surface area contributed by atoms with Gasteiger partial charge in [-0.15, -0.1) is 0 Å². The number of nitrogens with one attached hydrogen (secondary N) is 1. The van der Waals surface area contributed by atoms with Gasteiger partial charge in [-0.25, -0.2) is 4.79 Å². The Morgan fingerprint density at radius 3 is 2.15 bits per heavy atom. The zero-order valence-corrected chi connectivity index (χ0v) is 15.8. The molecule has 5 nitrogen and oxygen atoms in total. The van der Waals surface area contributed by atoms with E-state index in [0.717, 1.165) is 16.8 Å². The maximum absolute atomic E-state index is 12.1. The summed E-state index contributed by atoms with van der Waals surface area (Å²) >= 11 is 0. The summed E-state index contributed by atoms with van der Waals surface area (Å²) < 4.78 is 17.1. The molecule has 0 bridgehead atoms. The van der Waals surface area contributed by atoms with Gasteiger partial charge in [0.2, 0.25) is 0 Å². The molecule has 0 radical (unpaired) electrons. The number of ether oxygens (including phenoxy) is 1. The van der Waals surface area contributed by atoms with E-state index in [1.165, 1.54) is 7.11 Å². The Bertz CT molecular complexity index is 789. The van der Waals surface area contributed by atoms with Crippen LogP contribution >= 0.6 is 0 Å². The Kier molecular flexibility index (Phi) is 4.82.